The number of benzene rings is 1. The summed E-state index contributed by atoms with van der Waals surface area (Å²) in [6, 6.07) is 8.38. The molecule has 1 aromatic carbocycles. The summed E-state index contributed by atoms with van der Waals surface area (Å²) in [6.07, 6.45) is -1.43. The van der Waals surface area contributed by atoms with Crippen LogP contribution >= 0.6 is 0 Å². The normalized spacial score (nSPS) is 11.4. The Morgan fingerprint density at radius 3 is 2.28 bits per heavy atom. The number of nitrogens with one attached hydrogen (secondary N) is 1. The Kier molecular flexibility index (Phi) is 6.83. The molecule has 0 atom stereocenters. The monoisotopic (exact) mass is 257 g/mol. The molecule has 1 N–H and O–H groups in total. The molecule has 2 nitrogen and oxygen atoms in total. The van der Waals surface area contributed by atoms with Crippen LogP contribution in [0, 0.1) is 0 Å². The molecule has 1 aromatic rings. The first-order valence-electron chi connectivity index (χ1n) is 6.25. The van der Waals surface area contributed by atoms with E-state index < -0.39 is 13.0 Å². The fraction of sp³-hybridized carbons (Fsp3) is 0.571. The van der Waals surface area contributed by atoms with E-state index in [2.05, 4.69) is 19.2 Å². The molecule has 0 aromatic heterocycles. The largest absolute Gasteiger partial charge is 0.371 e. The van der Waals surface area contributed by atoms with Crippen molar-refractivity contribution in [1.29, 1.82) is 0 Å². The van der Waals surface area contributed by atoms with E-state index in [1.54, 1.807) is 0 Å². The Morgan fingerprint density at radius 1 is 1.11 bits per heavy atom. The smallest absolute Gasteiger partial charge is 0.261 e. The molecular weight excluding hydrogens is 236 g/mol. The lowest BCUT2D eigenvalue weighted by Crippen LogP contribution is -2.24. The molecule has 0 radical (unpaired) electrons. The van der Waals surface area contributed by atoms with Gasteiger partial charge in [0.05, 0.1) is 6.61 Å². The average molecular weight is 257 g/mol. The SMILES string of the molecule is CC(C)NCCc1ccc(COCC(F)F)cc1. The summed E-state index contributed by atoms with van der Waals surface area (Å²) in [4.78, 5) is 0. The number of hydrogen-bond acceptors (Lipinski definition) is 2. The number of ether oxygens (including phenoxy) is 1. The molecule has 4 heteroatoms. The predicted octanol–water partition coefficient (Wildman–Crippen LogP) is 3.01. The molecule has 0 unspecified atom stereocenters. The van der Waals surface area contributed by atoms with E-state index >= 15 is 0 Å². The molecule has 0 aliphatic heterocycles. The van der Waals surface area contributed by atoms with E-state index in [0.717, 1.165) is 18.5 Å². The quantitative estimate of drug-likeness (QED) is 0.773. The highest BCUT2D eigenvalue weighted by Crippen LogP contribution is 2.07. The lowest BCUT2D eigenvalue weighted by Gasteiger charge is -2.08. The Morgan fingerprint density at radius 2 is 1.72 bits per heavy atom. The summed E-state index contributed by atoms with van der Waals surface area (Å²) in [7, 11) is 0. The molecule has 0 saturated heterocycles. The molecule has 18 heavy (non-hydrogen) atoms. The Labute approximate surface area is 107 Å². The van der Waals surface area contributed by atoms with Gasteiger partial charge in [0.15, 0.2) is 0 Å². The van der Waals surface area contributed by atoms with Gasteiger partial charge < -0.3 is 10.1 Å². The molecule has 0 heterocycles. The molecule has 0 saturated carbocycles. The molecular formula is C14H21F2NO. The van der Waals surface area contributed by atoms with Gasteiger partial charge in [0.25, 0.3) is 6.43 Å². The topological polar surface area (TPSA) is 21.3 Å². The van der Waals surface area contributed by atoms with Gasteiger partial charge in [-0.25, -0.2) is 8.78 Å². The maximum Gasteiger partial charge on any atom is 0.261 e. The minimum Gasteiger partial charge on any atom is -0.371 e. The van der Waals surface area contributed by atoms with Gasteiger partial charge in [-0.1, -0.05) is 38.1 Å². The van der Waals surface area contributed by atoms with Crippen LogP contribution in [-0.2, 0) is 17.8 Å². The average Bonchev–Trinajstić information content (AvgIpc) is 2.30. The first-order valence-corrected chi connectivity index (χ1v) is 6.25. The van der Waals surface area contributed by atoms with E-state index in [1.165, 1.54) is 5.56 Å². The van der Waals surface area contributed by atoms with Crippen molar-refractivity contribution in [2.24, 2.45) is 0 Å². The van der Waals surface area contributed by atoms with Crippen molar-refractivity contribution < 1.29 is 13.5 Å². The summed E-state index contributed by atoms with van der Waals surface area (Å²) >= 11 is 0. The second-order valence-corrected chi connectivity index (χ2v) is 4.58. The van der Waals surface area contributed by atoms with Gasteiger partial charge >= 0.3 is 0 Å². The molecule has 0 bridgehead atoms. The summed E-state index contributed by atoms with van der Waals surface area (Å²) in [5.74, 6) is 0. The molecule has 0 aliphatic rings. The first kappa shape index (κ1) is 15.1. The van der Waals surface area contributed by atoms with Crippen molar-refractivity contribution in [1.82, 2.24) is 5.32 Å². The molecule has 102 valence electrons. The summed E-state index contributed by atoms with van der Waals surface area (Å²) in [6.45, 7) is 4.92. The highest BCUT2D eigenvalue weighted by Gasteiger charge is 2.02. The van der Waals surface area contributed by atoms with Gasteiger partial charge in [-0.2, -0.15) is 0 Å². The minimum atomic E-state index is -2.40. The standard InChI is InChI=1S/C14H21F2NO/c1-11(2)17-8-7-12-3-5-13(6-4-12)9-18-10-14(15)16/h3-6,11,14,17H,7-10H2,1-2H3. The summed E-state index contributed by atoms with van der Waals surface area (Å²) in [5.41, 5.74) is 2.16. The van der Waals surface area contributed by atoms with E-state index in [1.807, 2.05) is 24.3 Å². The molecule has 0 amide bonds. The zero-order valence-electron chi connectivity index (χ0n) is 11.0. The van der Waals surface area contributed by atoms with Gasteiger partial charge in [-0.3, -0.25) is 0 Å². The molecule has 1 rings (SSSR count). The highest BCUT2D eigenvalue weighted by molar-refractivity contribution is 5.22. The number of halogens is 2. The Balaban J connectivity index is 2.28. The maximum atomic E-state index is 11.9. The lowest BCUT2D eigenvalue weighted by atomic mass is 10.1. The van der Waals surface area contributed by atoms with Crippen LogP contribution in [0.2, 0.25) is 0 Å². The van der Waals surface area contributed by atoms with Crippen LogP contribution in [0.15, 0.2) is 24.3 Å². The molecule has 0 spiro atoms. The number of alkyl halides is 2. The van der Waals surface area contributed by atoms with Gasteiger partial charge in [0, 0.05) is 6.04 Å². The summed E-state index contributed by atoms with van der Waals surface area (Å²) < 4.78 is 28.6. The van der Waals surface area contributed by atoms with Crippen molar-refractivity contribution in [2.75, 3.05) is 13.2 Å². The predicted molar refractivity (Wildman–Crippen MR) is 68.9 cm³/mol. The molecule has 0 fully saturated rings. The van der Waals surface area contributed by atoms with Crippen LogP contribution in [0.25, 0.3) is 0 Å². The first-order chi connectivity index (χ1) is 8.58. The van der Waals surface area contributed by atoms with Crippen LogP contribution < -0.4 is 5.32 Å². The third kappa shape index (κ3) is 6.67. The fourth-order valence-electron chi connectivity index (χ4n) is 1.57. The second-order valence-electron chi connectivity index (χ2n) is 4.58. The zero-order valence-corrected chi connectivity index (χ0v) is 11.0. The van der Waals surface area contributed by atoms with Crippen molar-refractivity contribution in [3.63, 3.8) is 0 Å². The third-order valence-electron chi connectivity index (χ3n) is 2.50. The third-order valence-corrected chi connectivity index (χ3v) is 2.50. The van der Waals surface area contributed by atoms with Crippen LogP contribution in [0.3, 0.4) is 0 Å². The van der Waals surface area contributed by atoms with Crippen LogP contribution in [-0.4, -0.2) is 25.6 Å². The minimum absolute atomic E-state index is 0.245. The van der Waals surface area contributed by atoms with Gasteiger partial charge in [0.2, 0.25) is 0 Å². The van der Waals surface area contributed by atoms with Crippen LogP contribution in [0.5, 0.6) is 0 Å². The highest BCUT2D eigenvalue weighted by atomic mass is 19.3. The van der Waals surface area contributed by atoms with E-state index in [4.69, 9.17) is 4.74 Å². The number of hydrogen-bond donors (Lipinski definition) is 1. The van der Waals surface area contributed by atoms with Crippen molar-refractivity contribution >= 4 is 0 Å². The van der Waals surface area contributed by atoms with Gasteiger partial charge in [-0.15, -0.1) is 0 Å². The van der Waals surface area contributed by atoms with E-state index in [-0.39, 0.29) is 6.61 Å². The second kappa shape index (κ2) is 8.16. The van der Waals surface area contributed by atoms with Gasteiger partial charge in [-0.05, 0) is 24.1 Å². The van der Waals surface area contributed by atoms with E-state index in [9.17, 15) is 8.78 Å². The zero-order chi connectivity index (χ0) is 13.4. The van der Waals surface area contributed by atoms with Gasteiger partial charge in [0.1, 0.15) is 6.61 Å². The lowest BCUT2D eigenvalue weighted by molar-refractivity contribution is 0.00987. The number of rotatable bonds is 8. The van der Waals surface area contributed by atoms with Crippen molar-refractivity contribution in [3.8, 4) is 0 Å². The van der Waals surface area contributed by atoms with E-state index in [0.29, 0.717) is 6.04 Å². The van der Waals surface area contributed by atoms with Crippen LogP contribution in [0.1, 0.15) is 25.0 Å². The Hall–Kier alpha value is -1.00. The van der Waals surface area contributed by atoms with Crippen LogP contribution in [0.4, 0.5) is 8.78 Å². The fourth-order valence-corrected chi connectivity index (χ4v) is 1.57. The molecule has 0 aliphatic carbocycles. The summed E-state index contributed by atoms with van der Waals surface area (Å²) in [5, 5.41) is 3.35. The Bertz CT molecular complexity index is 292. The van der Waals surface area contributed by atoms with Crippen molar-refractivity contribution in [2.45, 2.75) is 39.3 Å². The maximum absolute atomic E-state index is 11.9. The van der Waals surface area contributed by atoms with Crippen molar-refractivity contribution in [3.05, 3.63) is 35.4 Å².